The van der Waals surface area contributed by atoms with Crippen LogP contribution in [0.4, 0.5) is 26.3 Å². The first kappa shape index (κ1) is 76.2. The molecular formula is C67H98F6N6O11. The number of carbonyl (C=O) groups is 9. The van der Waals surface area contributed by atoms with Crippen LogP contribution in [0.3, 0.4) is 0 Å². The average Bonchev–Trinajstić information content (AvgIpc) is 2.77. The van der Waals surface area contributed by atoms with Gasteiger partial charge in [0.2, 0.25) is 23.6 Å². The van der Waals surface area contributed by atoms with Gasteiger partial charge in [0.25, 0.3) is 17.6 Å². The average molecular weight is 1280 g/mol. The Morgan fingerprint density at radius 3 is 1.17 bits per heavy atom. The van der Waals surface area contributed by atoms with Gasteiger partial charge in [-0.1, -0.05) is 137 Å². The molecule has 2 saturated heterocycles. The molecule has 2 aliphatic heterocycles. The number of amides is 6. The smallest absolute Gasteiger partial charge is 0.380 e. The predicted molar refractivity (Wildman–Crippen MR) is 329 cm³/mol. The molecule has 4 rings (SSSR count). The Bertz CT molecular complexity index is 2630. The molecule has 23 heteroatoms. The summed E-state index contributed by atoms with van der Waals surface area (Å²) in [6.07, 6.45) is 2.45. The Balaban J connectivity index is 0.985. The number of hydrogen-bond donors (Lipinski definition) is 4. The molecular weight excluding hydrogens is 1180 g/mol. The Hall–Kier alpha value is -6.23. The number of likely N-dealkylation sites (tertiary alicyclic amines) is 2. The number of Topliss-reactive ketones (excluding diaryl/α,β-unsaturated/α-hetero) is 3. The minimum atomic E-state index is -5.14. The van der Waals surface area contributed by atoms with Gasteiger partial charge in [-0.25, -0.2) is 0 Å². The van der Waals surface area contributed by atoms with Gasteiger partial charge >= 0.3 is 12.4 Å². The molecule has 2 heterocycles. The molecule has 2 aromatic rings. The summed E-state index contributed by atoms with van der Waals surface area (Å²) in [6.45, 7) is 16.1. The van der Waals surface area contributed by atoms with Crippen molar-refractivity contribution in [2.45, 2.75) is 207 Å². The van der Waals surface area contributed by atoms with Gasteiger partial charge in [-0.2, -0.15) is 26.3 Å². The molecule has 17 nitrogen and oxygen atoms in total. The number of carbonyl (C=O) groups excluding carboxylic acids is 9. The second-order valence-electron chi connectivity index (χ2n) is 25.4. The zero-order valence-electron chi connectivity index (χ0n) is 53.9. The molecule has 0 radical (unpaired) electrons. The summed E-state index contributed by atoms with van der Waals surface area (Å²) in [7, 11) is 0. The molecule has 2 fully saturated rings. The molecule has 0 spiro atoms. The molecule has 2 aliphatic rings. The molecule has 504 valence electrons. The van der Waals surface area contributed by atoms with E-state index < -0.39 is 90.1 Å². The van der Waals surface area contributed by atoms with Gasteiger partial charge in [0.1, 0.15) is 12.1 Å². The number of ketones is 3. The van der Waals surface area contributed by atoms with Crippen molar-refractivity contribution in [1.82, 2.24) is 31.1 Å². The number of alkyl halides is 6. The Morgan fingerprint density at radius 2 is 0.833 bits per heavy atom. The van der Waals surface area contributed by atoms with Crippen molar-refractivity contribution in [3.05, 3.63) is 70.8 Å². The number of unbranched alkanes of at least 4 members (excludes halogenated alkanes) is 10. The Morgan fingerprint density at radius 1 is 0.478 bits per heavy atom. The van der Waals surface area contributed by atoms with E-state index >= 15 is 0 Å². The maximum Gasteiger partial charge on any atom is 0.452 e. The molecule has 0 aromatic heterocycles. The van der Waals surface area contributed by atoms with Crippen molar-refractivity contribution in [1.29, 1.82) is 0 Å². The normalized spacial score (nSPS) is 16.7. The van der Waals surface area contributed by atoms with Crippen LogP contribution in [0.2, 0.25) is 0 Å². The lowest BCUT2D eigenvalue weighted by Gasteiger charge is -2.31. The first-order chi connectivity index (χ1) is 42.5. The van der Waals surface area contributed by atoms with Crippen LogP contribution < -0.4 is 21.3 Å². The topological polar surface area (TPSA) is 227 Å². The van der Waals surface area contributed by atoms with E-state index in [1.54, 1.807) is 52.0 Å². The summed E-state index contributed by atoms with van der Waals surface area (Å²) in [6, 6.07) is 7.35. The zero-order chi connectivity index (χ0) is 66.7. The molecule has 2 aromatic carbocycles. The monoisotopic (exact) mass is 1280 g/mol. The van der Waals surface area contributed by atoms with Gasteiger partial charge in [-0.05, 0) is 86.5 Å². The van der Waals surface area contributed by atoms with Crippen molar-refractivity contribution >= 4 is 52.8 Å². The predicted octanol–water partition coefficient (Wildman–Crippen LogP) is 11.2. The van der Waals surface area contributed by atoms with Gasteiger partial charge in [0, 0.05) is 92.4 Å². The third-order valence-electron chi connectivity index (χ3n) is 16.9. The van der Waals surface area contributed by atoms with Crippen molar-refractivity contribution < 1.29 is 79.0 Å². The second-order valence-corrected chi connectivity index (χ2v) is 25.4. The number of halogens is 6. The number of nitrogens with one attached hydrogen (secondary N) is 4. The lowest BCUT2D eigenvalue weighted by Crippen LogP contribution is -2.55. The highest BCUT2D eigenvalue weighted by Gasteiger charge is 2.47. The van der Waals surface area contributed by atoms with Crippen LogP contribution in [0.25, 0.3) is 0 Å². The number of benzene rings is 2. The third-order valence-corrected chi connectivity index (χ3v) is 16.9. The highest BCUT2D eigenvalue weighted by molar-refractivity contribution is 6.02. The minimum absolute atomic E-state index is 0.129. The van der Waals surface area contributed by atoms with Crippen molar-refractivity contribution in [3.63, 3.8) is 0 Å². The van der Waals surface area contributed by atoms with E-state index in [1.165, 1.54) is 67.2 Å². The standard InChI is InChI=1S/C67H98F6N6O11/c1-43(2)51(64(87)78-34-20-22-54(78)62(85)76-53(45(5)6)42-66(68,69)70)40-56(80)47-24-28-49(29-25-47)60(83)74-32-38-89-36-18-16-14-12-10-9-11-13-15-17-19-37-90-39-33-75-61(84)50-30-26-48(27-31-50)57(81)41-52(44(3)4)65(88)79-35-21-23-55(79)63(86)77-58(46(7)8)59(82)67(71,72)73/h24-31,43-46,51-55,58H,9-23,32-42H2,1-8H3,(H,74,83)(H,75,84)(H,76,85)(H,77,86)/t51-,52-,53?,54-,55-,58?/m0/s1. The highest BCUT2D eigenvalue weighted by Crippen LogP contribution is 2.31. The molecule has 6 amide bonds. The maximum atomic E-state index is 13.8. The lowest BCUT2D eigenvalue weighted by molar-refractivity contribution is -0.175. The summed E-state index contributed by atoms with van der Waals surface area (Å²) in [5.41, 5.74) is 1.32. The van der Waals surface area contributed by atoms with Gasteiger partial charge < -0.3 is 40.5 Å². The lowest BCUT2D eigenvalue weighted by atomic mass is 9.87. The number of ether oxygens (including phenoxy) is 2. The van der Waals surface area contributed by atoms with Crippen LogP contribution in [0, 0.1) is 35.5 Å². The van der Waals surface area contributed by atoms with Crippen LogP contribution in [0.15, 0.2) is 48.5 Å². The van der Waals surface area contributed by atoms with Crippen molar-refractivity contribution in [3.8, 4) is 0 Å². The first-order valence-corrected chi connectivity index (χ1v) is 32.4. The van der Waals surface area contributed by atoms with Crippen LogP contribution in [-0.4, -0.2) is 152 Å². The van der Waals surface area contributed by atoms with Gasteiger partial charge in [0.15, 0.2) is 11.6 Å². The largest absolute Gasteiger partial charge is 0.452 e. The quantitative estimate of drug-likeness (QED) is 0.0279. The van der Waals surface area contributed by atoms with Crippen molar-refractivity contribution in [2.24, 2.45) is 35.5 Å². The molecule has 90 heavy (non-hydrogen) atoms. The summed E-state index contributed by atoms with van der Waals surface area (Å²) in [5.74, 6) is -9.14. The molecule has 0 bridgehead atoms. The van der Waals surface area contributed by atoms with Crippen molar-refractivity contribution in [2.75, 3.05) is 52.6 Å². The van der Waals surface area contributed by atoms with E-state index in [0.29, 0.717) is 81.0 Å². The Kier molecular flexibility index (Phi) is 32.1. The summed E-state index contributed by atoms with van der Waals surface area (Å²) in [4.78, 5) is 121. The summed E-state index contributed by atoms with van der Waals surface area (Å²) < 4.78 is 90.8. The van der Waals surface area contributed by atoms with E-state index in [0.717, 1.165) is 51.4 Å². The maximum absolute atomic E-state index is 13.8. The second kappa shape index (κ2) is 37.9. The summed E-state index contributed by atoms with van der Waals surface area (Å²) in [5, 5.41) is 10.4. The SMILES string of the molecule is CC(C)C(CC(F)(F)F)NC(=O)[C@@H]1CCCN1C(=O)[C@@H](CC(=O)c1ccc(C(=O)NCCOCCCCCCCCCCCCCOCCNC(=O)c2ccc(C(=O)C[C@H](C(=O)N3CCC[C@H]3C(=O)NC(C(=O)C(F)(F)F)C(C)C)C(C)C)cc2)cc1)C(C)C. The van der Waals surface area contributed by atoms with Gasteiger partial charge in [-0.15, -0.1) is 0 Å². The fourth-order valence-corrected chi connectivity index (χ4v) is 11.3. The van der Waals surface area contributed by atoms with Crippen LogP contribution in [0.5, 0.6) is 0 Å². The van der Waals surface area contributed by atoms with Crippen LogP contribution >= 0.6 is 0 Å². The molecule has 0 aliphatic carbocycles. The van der Waals surface area contributed by atoms with Crippen LogP contribution in [-0.2, 0) is 33.4 Å². The number of nitrogens with zero attached hydrogens (tertiary/aromatic N) is 2. The van der Waals surface area contributed by atoms with E-state index in [-0.39, 0.29) is 73.5 Å². The molecule has 2 unspecified atom stereocenters. The fraction of sp³-hybridized carbons (Fsp3) is 0.687. The van der Waals surface area contributed by atoms with Gasteiger partial charge in [-0.3, -0.25) is 43.2 Å². The minimum Gasteiger partial charge on any atom is -0.380 e. The number of hydrogen-bond acceptors (Lipinski definition) is 11. The van der Waals surface area contributed by atoms with Gasteiger partial charge in [0.05, 0.1) is 25.7 Å². The molecule has 6 atom stereocenters. The van der Waals surface area contributed by atoms with E-state index in [4.69, 9.17) is 9.47 Å². The summed E-state index contributed by atoms with van der Waals surface area (Å²) >= 11 is 0. The fourth-order valence-electron chi connectivity index (χ4n) is 11.3. The van der Waals surface area contributed by atoms with E-state index in [1.807, 2.05) is 13.8 Å². The van der Waals surface area contributed by atoms with E-state index in [9.17, 15) is 69.5 Å². The third kappa shape index (κ3) is 25.5. The van der Waals surface area contributed by atoms with Crippen LogP contribution in [0.1, 0.15) is 212 Å². The first-order valence-electron chi connectivity index (χ1n) is 32.4. The zero-order valence-corrected chi connectivity index (χ0v) is 53.9. The molecule has 4 N–H and O–H groups in total. The Labute approximate surface area is 527 Å². The molecule has 0 saturated carbocycles. The highest BCUT2D eigenvalue weighted by atomic mass is 19.4. The number of rotatable bonds is 40. The van der Waals surface area contributed by atoms with E-state index in [2.05, 4.69) is 21.3 Å².